The Morgan fingerprint density at radius 1 is 0.615 bits per heavy atom. The second kappa shape index (κ2) is 15.0. The second-order valence-electron chi connectivity index (χ2n) is 12.4. The number of carbonyl (C=O) groups is 2. The molecule has 7 rings (SSSR count). The molecule has 3 aromatic carbocycles. The summed E-state index contributed by atoms with van der Waals surface area (Å²) < 4.78 is 14.8. The number of ether oxygens (including phenoxy) is 2. The Balaban J connectivity index is 1.01. The number of methoxy groups -OCH3 is 2. The molecule has 0 saturated carbocycles. The van der Waals surface area contributed by atoms with E-state index in [9.17, 15) is 9.59 Å². The van der Waals surface area contributed by atoms with Gasteiger partial charge in [-0.15, -0.1) is 0 Å². The van der Waals surface area contributed by atoms with Gasteiger partial charge in [-0.2, -0.15) is 0 Å². The van der Waals surface area contributed by atoms with Gasteiger partial charge in [0.05, 0.1) is 35.3 Å². The SMILES string of the molecule is COCCc1nc2c(N)nc3ccccc3c2n1CCNC(=O)c1ccc(C(=O)NCCn2c(CCOC)nc3c(N)nc4ccccc4c32)cc1. The molecule has 6 N–H and O–H groups in total. The first-order valence-electron chi connectivity index (χ1n) is 17.1. The minimum Gasteiger partial charge on any atom is -0.384 e. The lowest BCUT2D eigenvalue weighted by atomic mass is 10.1. The number of nitrogen functional groups attached to an aromatic ring is 2. The van der Waals surface area contributed by atoms with E-state index in [1.807, 2.05) is 48.5 Å². The highest BCUT2D eigenvalue weighted by atomic mass is 16.5. The number of anilines is 2. The Morgan fingerprint density at radius 2 is 1.02 bits per heavy atom. The van der Waals surface area contributed by atoms with Crippen molar-refractivity contribution in [1.29, 1.82) is 0 Å². The van der Waals surface area contributed by atoms with Crippen LogP contribution in [0.4, 0.5) is 11.6 Å². The van der Waals surface area contributed by atoms with Crippen LogP contribution in [0, 0.1) is 0 Å². The quantitative estimate of drug-likeness (QED) is 0.130. The first-order chi connectivity index (χ1) is 25.4. The number of fused-ring (bicyclic) bond motifs is 6. The summed E-state index contributed by atoms with van der Waals surface area (Å²) in [6.45, 7) is 2.59. The van der Waals surface area contributed by atoms with Crippen LogP contribution in [0.3, 0.4) is 0 Å². The first kappa shape index (κ1) is 34.3. The van der Waals surface area contributed by atoms with Crippen LogP contribution in [0.5, 0.6) is 0 Å². The number of hydrogen-bond donors (Lipinski definition) is 4. The predicted molar refractivity (Wildman–Crippen MR) is 201 cm³/mol. The minimum atomic E-state index is -0.252. The minimum absolute atomic E-state index is 0.252. The van der Waals surface area contributed by atoms with Crippen LogP contribution < -0.4 is 22.1 Å². The molecule has 14 heteroatoms. The lowest BCUT2D eigenvalue weighted by molar-refractivity contribution is 0.0940. The average molecular weight is 701 g/mol. The summed E-state index contributed by atoms with van der Waals surface area (Å²) in [4.78, 5) is 45.0. The molecule has 0 aliphatic carbocycles. The van der Waals surface area contributed by atoms with Gasteiger partial charge < -0.3 is 40.7 Å². The highest BCUT2D eigenvalue weighted by Crippen LogP contribution is 2.30. The number of carbonyl (C=O) groups excluding carboxylic acids is 2. The van der Waals surface area contributed by atoms with Crippen molar-refractivity contribution in [2.45, 2.75) is 25.9 Å². The number of rotatable bonds is 14. The summed E-state index contributed by atoms with van der Waals surface area (Å²) in [6.07, 6.45) is 1.15. The van der Waals surface area contributed by atoms with Gasteiger partial charge in [-0.05, 0) is 36.4 Å². The zero-order valence-electron chi connectivity index (χ0n) is 29.1. The number of para-hydroxylation sites is 2. The van der Waals surface area contributed by atoms with Crippen LogP contribution in [0.1, 0.15) is 32.4 Å². The number of nitrogens with zero attached hydrogens (tertiary/aromatic N) is 6. The van der Waals surface area contributed by atoms with Crippen LogP contribution >= 0.6 is 0 Å². The van der Waals surface area contributed by atoms with E-state index >= 15 is 0 Å². The molecule has 2 amide bonds. The van der Waals surface area contributed by atoms with E-state index in [-0.39, 0.29) is 11.8 Å². The number of nitrogens with one attached hydrogen (secondary N) is 2. The fourth-order valence-electron chi connectivity index (χ4n) is 6.60. The zero-order valence-corrected chi connectivity index (χ0v) is 29.1. The third-order valence-electron chi connectivity index (χ3n) is 9.09. The molecule has 266 valence electrons. The number of amides is 2. The molecule has 0 aliphatic heterocycles. The fourth-order valence-corrected chi connectivity index (χ4v) is 6.60. The Kier molecular flexibility index (Phi) is 9.91. The molecule has 0 spiro atoms. The monoisotopic (exact) mass is 700 g/mol. The summed E-state index contributed by atoms with van der Waals surface area (Å²) >= 11 is 0. The van der Waals surface area contributed by atoms with E-state index in [4.69, 9.17) is 30.9 Å². The maximum absolute atomic E-state index is 13.2. The molecule has 0 aliphatic rings. The van der Waals surface area contributed by atoms with Gasteiger partial charge in [-0.1, -0.05) is 36.4 Å². The van der Waals surface area contributed by atoms with Crippen molar-refractivity contribution in [2.75, 3.05) is 52.0 Å². The molecule has 0 bridgehead atoms. The maximum atomic E-state index is 13.2. The van der Waals surface area contributed by atoms with Gasteiger partial charge in [-0.3, -0.25) is 9.59 Å². The van der Waals surface area contributed by atoms with Gasteiger partial charge in [-0.25, -0.2) is 19.9 Å². The maximum Gasteiger partial charge on any atom is 0.251 e. The summed E-state index contributed by atoms with van der Waals surface area (Å²) in [6, 6.07) is 22.2. The molecule has 0 radical (unpaired) electrons. The Labute approximate surface area is 299 Å². The van der Waals surface area contributed by atoms with E-state index in [0.29, 0.717) is 86.0 Å². The largest absolute Gasteiger partial charge is 0.384 e. The first-order valence-corrected chi connectivity index (χ1v) is 17.1. The average Bonchev–Trinajstić information content (AvgIpc) is 3.72. The van der Waals surface area contributed by atoms with Crippen LogP contribution in [-0.4, -0.2) is 81.4 Å². The molecule has 14 nitrogen and oxygen atoms in total. The topological polar surface area (TPSA) is 190 Å². The molecule has 0 atom stereocenters. The fraction of sp³-hybridized carbons (Fsp3) is 0.263. The van der Waals surface area contributed by atoms with Crippen molar-refractivity contribution >= 4 is 67.3 Å². The second-order valence-corrected chi connectivity index (χ2v) is 12.4. The molecule has 52 heavy (non-hydrogen) atoms. The van der Waals surface area contributed by atoms with Gasteiger partial charge in [0.1, 0.15) is 22.7 Å². The Bertz CT molecular complexity index is 2250. The van der Waals surface area contributed by atoms with Crippen LogP contribution in [-0.2, 0) is 35.4 Å². The van der Waals surface area contributed by atoms with Crippen LogP contribution in [0.15, 0.2) is 72.8 Å². The molecule has 0 fully saturated rings. The Morgan fingerprint density at radius 3 is 1.42 bits per heavy atom. The third kappa shape index (κ3) is 6.68. The third-order valence-corrected chi connectivity index (χ3v) is 9.09. The Hall–Kier alpha value is -6.12. The van der Waals surface area contributed by atoms with Crippen molar-refractivity contribution in [2.24, 2.45) is 0 Å². The van der Waals surface area contributed by atoms with Crippen LogP contribution in [0.25, 0.3) is 43.9 Å². The van der Waals surface area contributed by atoms with E-state index in [0.717, 1.165) is 44.5 Å². The van der Waals surface area contributed by atoms with Crippen molar-refractivity contribution in [3.8, 4) is 0 Å². The van der Waals surface area contributed by atoms with Gasteiger partial charge in [0.2, 0.25) is 0 Å². The molecule has 4 heterocycles. The van der Waals surface area contributed by atoms with Crippen LogP contribution in [0.2, 0.25) is 0 Å². The van der Waals surface area contributed by atoms with Crippen molar-refractivity contribution in [1.82, 2.24) is 39.7 Å². The highest BCUT2D eigenvalue weighted by molar-refractivity contribution is 6.07. The summed E-state index contributed by atoms with van der Waals surface area (Å²) in [5.74, 6) is 1.81. The number of nitrogens with two attached hydrogens (primary N) is 2. The number of aromatic nitrogens is 6. The van der Waals surface area contributed by atoms with E-state index in [1.54, 1.807) is 38.5 Å². The van der Waals surface area contributed by atoms with Gasteiger partial charge in [0, 0.05) is 75.1 Å². The van der Waals surface area contributed by atoms with Gasteiger partial charge in [0.25, 0.3) is 11.8 Å². The lowest BCUT2D eigenvalue weighted by Crippen LogP contribution is -2.29. The van der Waals surface area contributed by atoms with Gasteiger partial charge >= 0.3 is 0 Å². The normalized spacial score (nSPS) is 11.6. The summed E-state index contributed by atoms with van der Waals surface area (Å²) in [5, 5.41) is 7.87. The summed E-state index contributed by atoms with van der Waals surface area (Å²) in [5.41, 5.74) is 18.1. The zero-order chi connectivity index (χ0) is 36.2. The van der Waals surface area contributed by atoms with Crippen molar-refractivity contribution < 1.29 is 19.1 Å². The van der Waals surface area contributed by atoms with Crippen molar-refractivity contribution in [3.63, 3.8) is 0 Å². The van der Waals surface area contributed by atoms with Crippen molar-refractivity contribution in [3.05, 3.63) is 95.6 Å². The summed E-state index contributed by atoms with van der Waals surface area (Å²) in [7, 11) is 3.29. The number of benzene rings is 3. The number of hydrogen-bond acceptors (Lipinski definition) is 10. The molecule has 4 aromatic heterocycles. The molecule has 7 aromatic rings. The lowest BCUT2D eigenvalue weighted by Gasteiger charge is -2.13. The predicted octanol–water partition coefficient (Wildman–Crippen LogP) is 3.88. The molecule has 0 unspecified atom stereocenters. The smallest absolute Gasteiger partial charge is 0.251 e. The number of pyridine rings is 2. The highest BCUT2D eigenvalue weighted by Gasteiger charge is 2.19. The molecular weight excluding hydrogens is 660 g/mol. The molecular formula is C38H40N10O4. The van der Waals surface area contributed by atoms with E-state index < -0.39 is 0 Å². The van der Waals surface area contributed by atoms with Gasteiger partial charge in [0.15, 0.2) is 11.6 Å². The molecule has 0 saturated heterocycles. The van der Waals surface area contributed by atoms with E-state index in [2.05, 4.69) is 29.7 Å². The standard InChI is InChI=1S/C38H40N10O4/c1-51-21-15-29-45-31-33(25-7-3-5-9-27(25)43-35(31)39)47(29)19-17-41-37(49)23-11-13-24(14-12-23)38(50)42-18-20-48-30(16-22-52-2)46-32-34(48)26-8-4-6-10-28(26)44-36(32)40/h3-14H,15-22H2,1-2H3,(H2,39,43)(H2,40,44)(H,41,49)(H,42,50). The number of imidazole rings is 2. The van der Waals surface area contributed by atoms with E-state index in [1.165, 1.54) is 0 Å².